The summed E-state index contributed by atoms with van der Waals surface area (Å²) in [6, 6.07) is 1.42. The lowest BCUT2D eigenvalue weighted by atomic mass is 10.1. The number of hydrogen-bond acceptors (Lipinski definition) is 4. The molecular formula is C12H18N4O2. The standard InChI is InChI=1S/C12H18N4O2/c1-7(2)16(6-11(14)17)12(18)10-4-9(13)5-15-8(10)3/h4-5,7H,6,13H2,1-3H3,(H2,14,17). The van der Waals surface area contributed by atoms with Gasteiger partial charge >= 0.3 is 0 Å². The Hall–Kier alpha value is -2.11. The molecule has 0 spiro atoms. The van der Waals surface area contributed by atoms with Gasteiger partial charge in [0.05, 0.1) is 29.7 Å². The number of amides is 2. The van der Waals surface area contributed by atoms with Crippen molar-refractivity contribution in [2.75, 3.05) is 12.3 Å². The lowest BCUT2D eigenvalue weighted by Crippen LogP contribution is -2.43. The van der Waals surface area contributed by atoms with Gasteiger partial charge in [-0.3, -0.25) is 14.6 Å². The average molecular weight is 250 g/mol. The van der Waals surface area contributed by atoms with E-state index in [9.17, 15) is 9.59 Å². The van der Waals surface area contributed by atoms with Crippen LogP contribution >= 0.6 is 0 Å². The van der Waals surface area contributed by atoms with Crippen LogP contribution in [0.3, 0.4) is 0 Å². The minimum absolute atomic E-state index is 0.120. The van der Waals surface area contributed by atoms with Crippen molar-refractivity contribution in [3.63, 3.8) is 0 Å². The number of anilines is 1. The molecule has 1 aromatic rings. The third kappa shape index (κ3) is 3.19. The second-order valence-corrected chi connectivity index (χ2v) is 4.39. The van der Waals surface area contributed by atoms with Crippen LogP contribution < -0.4 is 11.5 Å². The number of carbonyl (C=O) groups is 2. The molecule has 4 N–H and O–H groups in total. The molecule has 98 valence electrons. The lowest BCUT2D eigenvalue weighted by molar-refractivity contribution is -0.119. The summed E-state index contributed by atoms with van der Waals surface area (Å²) in [5.41, 5.74) is 12.1. The van der Waals surface area contributed by atoms with Crippen LogP contribution in [0.2, 0.25) is 0 Å². The highest BCUT2D eigenvalue weighted by Crippen LogP contribution is 2.14. The van der Waals surface area contributed by atoms with E-state index in [1.54, 1.807) is 13.0 Å². The Morgan fingerprint density at radius 2 is 2.06 bits per heavy atom. The second-order valence-electron chi connectivity index (χ2n) is 4.39. The monoisotopic (exact) mass is 250 g/mol. The van der Waals surface area contributed by atoms with Gasteiger partial charge in [0.15, 0.2) is 0 Å². The lowest BCUT2D eigenvalue weighted by Gasteiger charge is -2.25. The predicted octanol–water partition coefficient (Wildman–Crippen LogP) is 0.308. The molecule has 6 nitrogen and oxygen atoms in total. The number of carbonyl (C=O) groups excluding carboxylic acids is 2. The molecule has 0 radical (unpaired) electrons. The first-order valence-electron chi connectivity index (χ1n) is 5.64. The van der Waals surface area contributed by atoms with Crippen molar-refractivity contribution in [1.29, 1.82) is 0 Å². The van der Waals surface area contributed by atoms with Gasteiger partial charge in [-0.05, 0) is 26.8 Å². The summed E-state index contributed by atoms with van der Waals surface area (Å²) in [6.07, 6.45) is 1.49. The highest BCUT2D eigenvalue weighted by atomic mass is 16.2. The number of hydrogen-bond donors (Lipinski definition) is 2. The van der Waals surface area contributed by atoms with Crippen molar-refractivity contribution >= 4 is 17.5 Å². The normalized spacial score (nSPS) is 10.4. The van der Waals surface area contributed by atoms with Crippen LogP contribution in [0.4, 0.5) is 5.69 Å². The van der Waals surface area contributed by atoms with E-state index in [-0.39, 0.29) is 18.5 Å². The molecule has 6 heteroatoms. The molecule has 0 aliphatic heterocycles. The number of nitrogens with two attached hydrogens (primary N) is 2. The molecule has 2 amide bonds. The number of nitrogen functional groups attached to an aromatic ring is 1. The van der Waals surface area contributed by atoms with E-state index in [1.807, 2.05) is 13.8 Å². The number of pyridine rings is 1. The van der Waals surface area contributed by atoms with Gasteiger partial charge in [-0.1, -0.05) is 0 Å². The molecule has 0 unspecified atom stereocenters. The average Bonchev–Trinajstić information content (AvgIpc) is 2.27. The second kappa shape index (κ2) is 5.48. The third-order valence-corrected chi connectivity index (χ3v) is 2.55. The van der Waals surface area contributed by atoms with E-state index in [1.165, 1.54) is 11.1 Å². The maximum absolute atomic E-state index is 12.3. The number of aryl methyl sites for hydroxylation is 1. The first-order valence-corrected chi connectivity index (χ1v) is 5.64. The predicted molar refractivity (Wildman–Crippen MR) is 68.8 cm³/mol. The molecule has 0 atom stereocenters. The Morgan fingerprint density at radius 1 is 1.44 bits per heavy atom. The van der Waals surface area contributed by atoms with Crippen molar-refractivity contribution in [1.82, 2.24) is 9.88 Å². The Kier molecular flexibility index (Phi) is 4.25. The highest BCUT2D eigenvalue weighted by Gasteiger charge is 2.22. The van der Waals surface area contributed by atoms with Crippen LogP contribution in [0.15, 0.2) is 12.3 Å². The minimum atomic E-state index is -0.549. The fraction of sp³-hybridized carbons (Fsp3) is 0.417. The van der Waals surface area contributed by atoms with E-state index in [0.717, 1.165) is 0 Å². The molecule has 1 rings (SSSR count). The van der Waals surface area contributed by atoms with Crippen LogP contribution in [0.5, 0.6) is 0 Å². The van der Waals surface area contributed by atoms with Crippen LogP contribution in [0.1, 0.15) is 29.9 Å². The summed E-state index contributed by atoms with van der Waals surface area (Å²) < 4.78 is 0. The topological polar surface area (TPSA) is 102 Å². The summed E-state index contributed by atoms with van der Waals surface area (Å²) in [6.45, 7) is 5.23. The molecule has 0 aliphatic carbocycles. The van der Waals surface area contributed by atoms with Gasteiger partial charge in [0, 0.05) is 6.04 Å². The van der Waals surface area contributed by atoms with Crippen molar-refractivity contribution in [3.8, 4) is 0 Å². The van der Waals surface area contributed by atoms with Gasteiger partial charge < -0.3 is 16.4 Å². The smallest absolute Gasteiger partial charge is 0.256 e. The van der Waals surface area contributed by atoms with Crippen LogP contribution in [-0.4, -0.2) is 34.3 Å². The Bertz CT molecular complexity index is 471. The maximum atomic E-state index is 12.3. The molecule has 0 aromatic carbocycles. The molecule has 0 saturated carbocycles. The van der Waals surface area contributed by atoms with Gasteiger partial charge in [-0.2, -0.15) is 0 Å². The summed E-state index contributed by atoms with van der Waals surface area (Å²) in [5, 5.41) is 0. The van der Waals surface area contributed by atoms with E-state index in [0.29, 0.717) is 16.9 Å². The largest absolute Gasteiger partial charge is 0.397 e. The van der Waals surface area contributed by atoms with Crippen molar-refractivity contribution in [2.45, 2.75) is 26.8 Å². The summed E-state index contributed by atoms with van der Waals surface area (Å²) >= 11 is 0. The van der Waals surface area contributed by atoms with E-state index < -0.39 is 5.91 Å². The zero-order valence-electron chi connectivity index (χ0n) is 10.8. The summed E-state index contributed by atoms with van der Waals surface area (Å²) in [5.74, 6) is -0.840. The quantitative estimate of drug-likeness (QED) is 0.802. The van der Waals surface area contributed by atoms with Gasteiger partial charge in [0.2, 0.25) is 5.91 Å². The Balaban J connectivity index is 3.09. The molecule has 0 fully saturated rings. The third-order valence-electron chi connectivity index (χ3n) is 2.55. The van der Waals surface area contributed by atoms with E-state index >= 15 is 0 Å². The molecule has 18 heavy (non-hydrogen) atoms. The van der Waals surface area contributed by atoms with Crippen LogP contribution in [0.25, 0.3) is 0 Å². The number of nitrogens with zero attached hydrogens (tertiary/aromatic N) is 2. The molecular weight excluding hydrogens is 232 g/mol. The zero-order valence-corrected chi connectivity index (χ0v) is 10.8. The van der Waals surface area contributed by atoms with E-state index in [2.05, 4.69) is 4.98 Å². The van der Waals surface area contributed by atoms with Crippen LogP contribution in [-0.2, 0) is 4.79 Å². The number of rotatable bonds is 4. The van der Waals surface area contributed by atoms with Gasteiger partial charge in [0.25, 0.3) is 5.91 Å². The molecule has 0 aliphatic rings. The minimum Gasteiger partial charge on any atom is -0.397 e. The number of aromatic nitrogens is 1. The fourth-order valence-corrected chi connectivity index (χ4v) is 1.58. The van der Waals surface area contributed by atoms with Crippen molar-refractivity contribution in [3.05, 3.63) is 23.5 Å². The Morgan fingerprint density at radius 3 is 2.56 bits per heavy atom. The SMILES string of the molecule is Cc1ncc(N)cc1C(=O)N(CC(N)=O)C(C)C. The Labute approximate surface area is 106 Å². The van der Waals surface area contributed by atoms with E-state index in [4.69, 9.17) is 11.5 Å². The summed E-state index contributed by atoms with van der Waals surface area (Å²) in [7, 11) is 0. The first kappa shape index (κ1) is 14.0. The van der Waals surface area contributed by atoms with Crippen molar-refractivity contribution < 1.29 is 9.59 Å². The first-order chi connectivity index (χ1) is 8.32. The maximum Gasteiger partial charge on any atom is 0.256 e. The molecule has 0 bridgehead atoms. The fourth-order valence-electron chi connectivity index (χ4n) is 1.58. The van der Waals surface area contributed by atoms with Gasteiger partial charge in [-0.25, -0.2) is 0 Å². The molecule has 0 saturated heterocycles. The van der Waals surface area contributed by atoms with Crippen molar-refractivity contribution in [2.24, 2.45) is 5.73 Å². The highest BCUT2D eigenvalue weighted by molar-refractivity contribution is 5.98. The van der Waals surface area contributed by atoms with Crippen LogP contribution in [0, 0.1) is 6.92 Å². The molecule has 1 heterocycles. The van der Waals surface area contributed by atoms with Gasteiger partial charge in [0.1, 0.15) is 0 Å². The summed E-state index contributed by atoms with van der Waals surface area (Å²) in [4.78, 5) is 28.7. The number of primary amides is 1. The zero-order chi connectivity index (χ0) is 13.9. The van der Waals surface area contributed by atoms with Gasteiger partial charge in [-0.15, -0.1) is 0 Å². The molecule has 1 aromatic heterocycles.